The Morgan fingerprint density at radius 3 is 2.81 bits per heavy atom. The summed E-state index contributed by atoms with van der Waals surface area (Å²) in [5.41, 5.74) is 1.35. The summed E-state index contributed by atoms with van der Waals surface area (Å²) in [6.45, 7) is 2.69. The van der Waals surface area contributed by atoms with Gasteiger partial charge in [-0.25, -0.2) is 14.4 Å². The Labute approximate surface area is 128 Å². The van der Waals surface area contributed by atoms with Crippen LogP contribution in [0.5, 0.6) is 5.88 Å². The van der Waals surface area contributed by atoms with Crippen LogP contribution in [0.4, 0.5) is 4.39 Å². The number of methoxy groups -OCH3 is 1. The van der Waals surface area contributed by atoms with Crippen molar-refractivity contribution in [3.63, 3.8) is 0 Å². The van der Waals surface area contributed by atoms with E-state index in [1.807, 2.05) is 6.92 Å². The van der Waals surface area contributed by atoms with Crippen LogP contribution in [0.2, 0.25) is 5.02 Å². The van der Waals surface area contributed by atoms with Crippen LogP contribution >= 0.6 is 11.6 Å². The third kappa shape index (κ3) is 4.12. The van der Waals surface area contributed by atoms with Gasteiger partial charge in [0.2, 0.25) is 5.88 Å². The summed E-state index contributed by atoms with van der Waals surface area (Å²) in [7, 11) is 1.55. The molecule has 1 unspecified atom stereocenters. The second-order valence-electron chi connectivity index (χ2n) is 4.53. The Morgan fingerprint density at radius 2 is 2.14 bits per heavy atom. The van der Waals surface area contributed by atoms with E-state index < -0.39 is 0 Å². The first-order chi connectivity index (χ1) is 10.1. The number of nitrogens with one attached hydrogen (secondary N) is 1. The van der Waals surface area contributed by atoms with Gasteiger partial charge in [-0.2, -0.15) is 0 Å². The van der Waals surface area contributed by atoms with Crippen molar-refractivity contribution in [1.82, 2.24) is 15.3 Å². The van der Waals surface area contributed by atoms with E-state index in [1.54, 1.807) is 25.3 Å². The van der Waals surface area contributed by atoms with Gasteiger partial charge in [-0.3, -0.25) is 0 Å². The third-order valence-corrected chi connectivity index (χ3v) is 3.34. The minimum atomic E-state index is -0.325. The van der Waals surface area contributed by atoms with Gasteiger partial charge in [0.05, 0.1) is 7.11 Å². The minimum absolute atomic E-state index is 0.188. The van der Waals surface area contributed by atoms with Crippen LogP contribution in [0.1, 0.15) is 24.2 Å². The molecule has 21 heavy (non-hydrogen) atoms. The molecule has 2 aromatic rings. The molecule has 0 amide bonds. The fourth-order valence-corrected chi connectivity index (χ4v) is 2.29. The van der Waals surface area contributed by atoms with E-state index in [2.05, 4.69) is 15.3 Å². The minimum Gasteiger partial charge on any atom is -0.481 e. The number of aromatic nitrogens is 2. The Kier molecular flexibility index (Phi) is 5.47. The molecule has 6 heteroatoms. The molecule has 1 heterocycles. The fourth-order valence-electron chi connectivity index (χ4n) is 2.13. The van der Waals surface area contributed by atoms with Gasteiger partial charge in [0, 0.05) is 34.8 Å². The monoisotopic (exact) mass is 309 g/mol. The molecule has 0 aliphatic carbocycles. The first-order valence-electron chi connectivity index (χ1n) is 6.67. The van der Waals surface area contributed by atoms with E-state index in [0.717, 1.165) is 12.2 Å². The van der Waals surface area contributed by atoms with Crippen molar-refractivity contribution in [2.75, 3.05) is 13.7 Å². The summed E-state index contributed by atoms with van der Waals surface area (Å²) < 4.78 is 19.2. The predicted molar refractivity (Wildman–Crippen MR) is 80.1 cm³/mol. The smallest absolute Gasteiger partial charge is 0.216 e. The molecule has 0 aliphatic heterocycles. The van der Waals surface area contributed by atoms with Crippen molar-refractivity contribution in [3.05, 3.63) is 52.7 Å². The molecule has 1 N–H and O–H groups in total. The van der Waals surface area contributed by atoms with Gasteiger partial charge in [0.1, 0.15) is 12.1 Å². The van der Waals surface area contributed by atoms with Crippen LogP contribution in [0.15, 0.2) is 30.6 Å². The second kappa shape index (κ2) is 7.33. The molecule has 0 spiro atoms. The normalized spacial score (nSPS) is 12.2. The molecule has 4 nitrogen and oxygen atoms in total. The Bertz CT molecular complexity index is 609. The number of benzene rings is 1. The summed E-state index contributed by atoms with van der Waals surface area (Å²) in [4.78, 5) is 8.17. The summed E-state index contributed by atoms with van der Waals surface area (Å²) in [5, 5.41) is 3.65. The zero-order valence-corrected chi connectivity index (χ0v) is 12.7. The fraction of sp³-hybridized carbons (Fsp3) is 0.333. The zero-order valence-electron chi connectivity index (χ0n) is 11.9. The highest BCUT2D eigenvalue weighted by atomic mass is 35.5. The van der Waals surface area contributed by atoms with Crippen molar-refractivity contribution >= 4 is 11.6 Å². The average molecular weight is 310 g/mol. The van der Waals surface area contributed by atoms with E-state index in [4.69, 9.17) is 16.3 Å². The maximum Gasteiger partial charge on any atom is 0.216 e. The first kappa shape index (κ1) is 15.7. The van der Waals surface area contributed by atoms with Crippen LogP contribution in [0, 0.1) is 5.82 Å². The Balaban J connectivity index is 2.26. The third-order valence-electron chi connectivity index (χ3n) is 3.11. The lowest BCUT2D eigenvalue weighted by atomic mass is 10.0. The molecule has 0 aliphatic rings. The highest BCUT2D eigenvalue weighted by molar-refractivity contribution is 6.30. The molecule has 1 aromatic heterocycles. The van der Waals surface area contributed by atoms with Gasteiger partial charge in [-0.05, 0) is 18.7 Å². The highest BCUT2D eigenvalue weighted by Crippen LogP contribution is 2.24. The lowest BCUT2D eigenvalue weighted by Crippen LogP contribution is -2.24. The standard InChI is InChI=1S/C15H17ClFN3O/c1-3-18-14(12-5-4-10(16)6-13(12)17)7-11-8-15(21-2)20-9-19-11/h4-6,8-9,14,18H,3,7H2,1-2H3. The number of rotatable bonds is 6. The van der Waals surface area contributed by atoms with Gasteiger partial charge in [-0.15, -0.1) is 0 Å². The molecule has 0 radical (unpaired) electrons. The number of hydrogen-bond donors (Lipinski definition) is 1. The van der Waals surface area contributed by atoms with Crippen LogP contribution < -0.4 is 10.1 Å². The van der Waals surface area contributed by atoms with E-state index in [1.165, 1.54) is 12.4 Å². The molecule has 0 bridgehead atoms. The number of likely N-dealkylation sites (N-methyl/N-ethyl adjacent to an activating group) is 1. The van der Waals surface area contributed by atoms with Crippen LogP contribution in [-0.4, -0.2) is 23.6 Å². The van der Waals surface area contributed by atoms with E-state index in [-0.39, 0.29) is 11.9 Å². The molecule has 0 saturated heterocycles. The van der Waals surface area contributed by atoms with E-state index >= 15 is 0 Å². The first-order valence-corrected chi connectivity index (χ1v) is 7.05. The predicted octanol–water partition coefficient (Wildman–Crippen LogP) is 3.17. The van der Waals surface area contributed by atoms with Gasteiger partial charge in [-0.1, -0.05) is 24.6 Å². The van der Waals surface area contributed by atoms with E-state index in [9.17, 15) is 4.39 Å². The molecule has 2 rings (SSSR count). The quantitative estimate of drug-likeness (QED) is 0.890. The average Bonchev–Trinajstić information content (AvgIpc) is 2.47. The topological polar surface area (TPSA) is 47.0 Å². The van der Waals surface area contributed by atoms with Crippen molar-refractivity contribution in [2.45, 2.75) is 19.4 Å². The van der Waals surface area contributed by atoms with Crippen molar-refractivity contribution in [2.24, 2.45) is 0 Å². The second-order valence-corrected chi connectivity index (χ2v) is 4.97. The maximum atomic E-state index is 14.1. The summed E-state index contributed by atoms with van der Waals surface area (Å²) in [6.07, 6.45) is 1.97. The number of hydrogen-bond acceptors (Lipinski definition) is 4. The molecule has 0 fully saturated rings. The molecule has 1 atom stereocenters. The number of ether oxygens (including phenoxy) is 1. The van der Waals surface area contributed by atoms with Gasteiger partial charge < -0.3 is 10.1 Å². The van der Waals surface area contributed by atoms with Gasteiger partial charge >= 0.3 is 0 Å². The zero-order chi connectivity index (χ0) is 15.2. The van der Waals surface area contributed by atoms with Crippen LogP contribution in [0.3, 0.4) is 0 Å². The molecule has 0 saturated carbocycles. The van der Waals surface area contributed by atoms with Crippen LogP contribution in [0.25, 0.3) is 0 Å². The number of halogens is 2. The van der Waals surface area contributed by atoms with E-state index in [0.29, 0.717) is 22.9 Å². The lowest BCUT2D eigenvalue weighted by Gasteiger charge is -2.19. The molecular weight excluding hydrogens is 293 g/mol. The Hall–Kier alpha value is -1.72. The number of nitrogens with zero attached hydrogens (tertiary/aromatic N) is 2. The van der Waals surface area contributed by atoms with Crippen molar-refractivity contribution < 1.29 is 9.13 Å². The SMILES string of the molecule is CCNC(Cc1cc(OC)ncn1)c1ccc(Cl)cc1F. The Morgan fingerprint density at radius 1 is 1.33 bits per heavy atom. The lowest BCUT2D eigenvalue weighted by molar-refractivity contribution is 0.395. The van der Waals surface area contributed by atoms with Gasteiger partial charge in [0.25, 0.3) is 0 Å². The summed E-state index contributed by atoms with van der Waals surface area (Å²) in [5.74, 6) is 0.168. The van der Waals surface area contributed by atoms with Crippen LogP contribution in [-0.2, 0) is 6.42 Å². The summed E-state index contributed by atoms with van der Waals surface area (Å²) >= 11 is 5.80. The van der Waals surface area contributed by atoms with Crippen molar-refractivity contribution in [3.8, 4) is 5.88 Å². The molecular formula is C15H17ClFN3O. The van der Waals surface area contributed by atoms with Crippen molar-refractivity contribution in [1.29, 1.82) is 0 Å². The van der Waals surface area contributed by atoms with Gasteiger partial charge in [0.15, 0.2) is 0 Å². The maximum absolute atomic E-state index is 14.1. The molecule has 112 valence electrons. The molecule has 1 aromatic carbocycles. The summed E-state index contributed by atoms with van der Waals surface area (Å²) in [6, 6.07) is 6.26. The largest absolute Gasteiger partial charge is 0.481 e. The highest BCUT2D eigenvalue weighted by Gasteiger charge is 2.17.